The van der Waals surface area contributed by atoms with Crippen molar-refractivity contribution in [2.75, 3.05) is 54.5 Å². The zero-order valence-corrected chi connectivity index (χ0v) is 56.1. The lowest BCUT2D eigenvalue weighted by Gasteiger charge is -2.46. The molecule has 0 spiro atoms. The number of aliphatic hydroxyl groups excluding tert-OH is 4. The van der Waals surface area contributed by atoms with E-state index in [-0.39, 0.29) is 81.4 Å². The van der Waals surface area contributed by atoms with Gasteiger partial charge in [-0.05, 0) is 97.5 Å². The summed E-state index contributed by atoms with van der Waals surface area (Å²) in [5.74, 6) is 9.04. The predicted octanol–water partition coefficient (Wildman–Crippen LogP) is 3.32. The Balaban J connectivity index is 1.03. The second kappa shape index (κ2) is 32.8. The van der Waals surface area contributed by atoms with Crippen LogP contribution >= 0.6 is 55.9 Å². The number of ketones is 1. The van der Waals surface area contributed by atoms with Crippen molar-refractivity contribution in [2.45, 2.75) is 181 Å². The monoisotopic (exact) mass is 1440 g/mol. The largest absolute Gasteiger partial charge is 0.492 e. The van der Waals surface area contributed by atoms with Gasteiger partial charge in [0.25, 0.3) is 0 Å². The van der Waals surface area contributed by atoms with Crippen LogP contribution in [0.1, 0.15) is 79.7 Å². The molecule has 8 rings (SSSR count). The molecule has 2 aromatic rings. The number of thioether (sulfide) groups is 1. The number of methoxy groups -OCH3 is 5. The van der Waals surface area contributed by atoms with Gasteiger partial charge in [-0.2, -0.15) is 5.48 Å². The molecule has 8 N–H and O–H groups in total. The van der Waals surface area contributed by atoms with Crippen LogP contribution in [-0.4, -0.2) is 228 Å². The van der Waals surface area contributed by atoms with E-state index in [1.54, 1.807) is 40.9 Å². The van der Waals surface area contributed by atoms with Gasteiger partial charge in [0.15, 0.2) is 41.8 Å². The lowest BCUT2D eigenvalue weighted by molar-refractivity contribution is -0.336. The van der Waals surface area contributed by atoms with Gasteiger partial charge in [0.1, 0.15) is 41.6 Å². The predicted molar refractivity (Wildman–Crippen MR) is 337 cm³/mol. The number of allylic oxidation sites excluding steroid dienone is 2. The molecular formula is C61H76IN3O23S3. The summed E-state index contributed by atoms with van der Waals surface area (Å²) in [4.78, 5) is 64.3. The first-order valence-corrected chi connectivity index (χ1v) is 33.4. The third-order valence-corrected chi connectivity index (χ3v) is 20.9. The first-order chi connectivity index (χ1) is 43.5. The first kappa shape index (κ1) is 72.4. The van der Waals surface area contributed by atoms with Crippen LogP contribution in [0.4, 0.5) is 0 Å². The van der Waals surface area contributed by atoms with Gasteiger partial charge >= 0.3 is 11.9 Å². The number of likely N-dealkylation sites (N-methyl/N-ethyl adjacent to an activating group) is 1. The number of aliphatic hydroxyl groups is 5. The topological polar surface area (TPSA) is 347 Å². The minimum Gasteiger partial charge on any atom is -0.492 e. The molecule has 2 bridgehead atoms. The number of esters is 1. The molecule has 0 saturated carbocycles. The van der Waals surface area contributed by atoms with E-state index in [0.717, 1.165) is 29.7 Å². The molecule has 30 heteroatoms. The van der Waals surface area contributed by atoms with Crippen LogP contribution in [0.3, 0.4) is 0 Å². The van der Waals surface area contributed by atoms with Crippen LogP contribution in [0, 0.1) is 34.2 Å². The Bertz CT molecular complexity index is 3180. The van der Waals surface area contributed by atoms with Crippen LogP contribution in [-0.2, 0) is 57.1 Å². The molecule has 1 aromatic carbocycles. The Hall–Kier alpha value is -4.47. The van der Waals surface area contributed by atoms with E-state index in [4.69, 9.17) is 61.7 Å². The Kier molecular flexibility index (Phi) is 26.1. The average molecular weight is 1440 g/mol. The average Bonchev–Trinajstić information content (AvgIpc) is 0.772. The molecule has 0 radical (unpaired) electrons. The van der Waals surface area contributed by atoms with E-state index in [1.807, 2.05) is 29.5 Å². The summed E-state index contributed by atoms with van der Waals surface area (Å²) in [7, 11) is 9.01. The van der Waals surface area contributed by atoms with Gasteiger partial charge in [-0.1, -0.05) is 59.2 Å². The van der Waals surface area contributed by atoms with E-state index in [1.165, 1.54) is 62.6 Å². The van der Waals surface area contributed by atoms with Crippen LogP contribution in [0.2, 0.25) is 0 Å². The smallest absolute Gasteiger partial charge is 0.338 e. The number of fused-ring (bicyclic) bond motifs is 2. The van der Waals surface area contributed by atoms with Gasteiger partial charge in [-0.25, -0.2) is 9.78 Å². The van der Waals surface area contributed by atoms with Crippen molar-refractivity contribution in [3.8, 4) is 40.9 Å². The van der Waals surface area contributed by atoms with Gasteiger partial charge in [0.05, 0.1) is 103 Å². The number of carbonyl (C=O) groups is 4. The van der Waals surface area contributed by atoms with Crippen molar-refractivity contribution in [3.05, 3.63) is 73.5 Å². The van der Waals surface area contributed by atoms with E-state index in [9.17, 15) is 49.8 Å². The van der Waals surface area contributed by atoms with Gasteiger partial charge in [0, 0.05) is 55.7 Å². The number of nitrogens with zero attached hydrogens (tertiary/aromatic N) is 1. The fraction of sp³-hybridized carbons (Fsp3) is 0.590. The Morgan fingerprint density at radius 2 is 1.63 bits per heavy atom. The molecule has 4 saturated heterocycles. The minimum absolute atomic E-state index is 0.0121. The number of carbonyl (C=O) groups excluding carboxylic acids is 3. The summed E-state index contributed by atoms with van der Waals surface area (Å²) in [5.41, 5.74) is 1.17. The normalized spacial score (nSPS) is 34.0. The summed E-state index contributed by atoms with van der Waals surface area (Å²) >= 11 is 2.80. The highest BCUT2D eigenvalue weighted by Gasteiger charge is 2.52. The quantitative estimate of drug-likeness (QED) is 0.0187. The summed E-state index contributed by atoms with van der Waals surface area (Å²) in [5, 5.41) is 70.5. The number of benzene rings is 1. The molecule has 6 aliphatic rings. The molecule has 498 valence electrons. The number of aromatic nitrogens is 1. The number of carboxylic acid groups (broad SMARTS) is 1. The third kappa shape index (κ3) is 16.6. The van der Waals surface area contributed by atoms with Crippen molar-refractivity contribution < 1.29 is 111 Å². The SMILES string of the molecule is CCN[C@H]1CO[C@@H](O[C@H]2[C@H](O[C@H]3C#C/C=C\C#C[C@]4(O)CC(=O)C(CC(=O)OC)=C3/C4=C\CSSc3ncccc3C(=O)O)O[C@H](C)[C@@H](NO[C@H]3C[C@H](O)[C@H](SC(=O)c4c(C)c(I)c(O[C@@H]5O[C@@H](C)[C@H](O)[C@@H](OC)[C@H]5O)c(OC)c4OC)[C@@H](C)O3)[C@H]2O)C[C@@H]1OC. The van der Waals surface area contributed by atoms with Crippen molar-refractivity contribution in [1.29, 1.82) is 0 Å². The molecule has 19 atom stereocenters. The number of pyridine rings is 1. The number of ether oxygens (including phenoxy) is 12. The van der Waals surface area contributed by atoms with Gasteiger partial charge in [0.2, 0.25) is 17.2 Å². The zero-order chi connectivity index (χ0) is 66.0. The lowest BCUT2D eigenvalue weighted by Crippen LogP contribution is -2.65. The summed E-state index contributed by atoms with van der Waals surface area (Å²) in [6, 6.07) is 1.58. The van der Waals surface area contributed by atoms with Crippen molar-refractivity contribution in [3.63, 3.8) is 0 Å². The molecule has 4 aliphatic heterocycles. The van der Waals surface area contributed by atoms with Crippen molar-refractivity contribution in [1.82, 2.24) is 15.8 Å². The van der Waals surface area contributed by atoms with Crippen LogP contribution in [0.25, 0.3) is 0 Å². The number of aromatic carboxylic acids is 1. The molecular weight excluding hydrogens is 1370 g/mol. The fourth-order valence-corrected chi connectivity index (χ4v) is 15.0. The second-order valence-corrected chi connectivity index (χ2v) is 26.4. The van der Waals surface area contributed by atoms with E-state index in [0.29, 0.717) is 15.7 Å². The number of Topliss-reactive ketones (excluding diaryl/α,β-unsaturated/α-hetero) is 1. The van der Waals surface area contributed by atoms with Crippen LogP contribution < -0.4 is 25.0 Å². The maximum atomic E-state index is 14.5. The van der Waals surface area contributed by atoms with Gasteiger partial charge in [-0.15, -0.1) is 0 Å². The van der Waals surface area contributed by atoms with Crippen LogP contribution in [0.5, 0.6) is 17.2 Å². The molecule has 1 aromatic heterocycles. The lowest BCUT2D eigenvalue weighted by atomic mass is 9.72. The molecule has 91 heavy (non-hydrogen) atoms. The standard InChI is InChI=1S/C61H76IN3O23S3/c1-11-63-35-27-81-41(25-39(35)76-6)86-53-48(70)46(65-88-42-24-36(66)55(31(5)82-42)90-58(74)43-28(2)45(62)51(54(80-10)50(43)78-8)87-59-49(71)52(79-9)47(69)30(4)84-59)29(3)83-60(53)85-38-18-14-12-13-15-20-61(75)26-37(67)33(23-40(68)77-7)44(38)34(61)19-22-89-91-56-32(57(72)73)17-16-21-64-56/h12-13,16-17,19,21,29-31,35-36,38-39,41-42,46-49,52-53,55,59-60,63,65-66,69-71,75H,11,22-27H2,1-10H3,(H,72,73)/b13-12-,34-19+/t29-,30+,31-,35+,36+,38+,39+,41+,42+,46-,47+,48-,49-,52-,53-,55-,59+,60+,61+/m1/s1. The third-order valence-electron chi connectivity index (χ3n) is 16.0. The van der Waals surface area contributed by atoms with E-state index < -0.39 is 145 Å². The van der Waals surface area contributed by atoms with Crippen LogP contribution in [0.15, 0.2) is 58.3 Å². The Morgan fingerprint density at radius 1 is 0.890 bits per heavy atom. The Labute approximate surface area is 552 Å². The number of nitrogens with one attached hydrogen (secondary N) is 2. The molecule has 2 aliphatic carbocycles. The maximum Gasteiger partial charge on any atom is 0.338 e. The first-order valence-electron chi connectivity index (χ1n) is 29.1. The van der Waals surface area contributed by atoms with Crippen molar-refractivity contribution >= 4 is 78.8 Å². The summed E-state index contributed by atoms with van der Waals surface area (Å²) in [6.07, 6.45) is -12.7. The zero-order valence-electron chi connectivity index (χ0n) is 51.5. The maximum absolute atomic E-state index is 14.5. The highest BCUT2D eigenvalue weighted by atomic mass is 127. The number of hydrogen-bond donors (Lipinski definition) is 8. The molecule has 0 amide bonds. The number of hydroxylamine groups is 1. The molecule has 4 fully saturated rings. The van der Waals surface area contributed by atoms with E-state index in [2.05, 4.69) is 39.5 Å². The number of rotatable bonds is 24. The molecule has 0 unspecified atom stereocenters. The van der Waals surface area contributed by atoms with E-state index >= 15 is 0 Å². The second-order valence-electron chi connectivity index (χ2n) is 21.8. The van der Waals surface area contributed by atoms with Crippen molar-refractivity contribution in [2.24, 2.45) is 0 Å². The molecule has 5 heterocycles. The fourth-order valence-electron chi connectivity index (χ4n) is 11.3. The minimum atomic E-state index is -2.17. The highest BCUT2D eigenvalue weighted by molar-refractivity contribution is 14.1. The summed E-state index contributed by atoms with van der Waals surface area (Å²) in [6.45, 7) is 9.28. The molecule has 26 nitrogen and oxygen atoms in total. The highest BCUT2D eigenvalue weighted by Crippen LogP contribution is 2.49. The Morgan fingerprint density at radius 3 is 2.31 bits per heavy atom. The van der Waals surface area contributed by atoms with Gasteiger partial charge < -0.3 is 92.8 Å². The summed E-state index contributed by atoms with van der Waals surface area (Å²) < 4.78 is 72.8. The number of carboxylic acids is 1. The van der Waals surface area contributed by atoms with Gasteiger partial charge in [-0.3, -0.25) is 19.2 Å². The number of hydrogen-bond acceptors (Lipinski definition) is 28. The number of halogens is 1.